The van der Waals surface area contributed by atoms with Crippen molar-refractivity contribution in [3.05, 3.63) is 46.5 Å². The molecular formula is C19H16ClF4N3O6. The van der Waals surface area contributed by atoms with Gasteiger partial charge in [0.15, 0.2) is 11.5 Å². The number of halogens is 5. The van der Waals surface area contributed by atoms with E-state index in [1.165, 1.54) is 12.1 Å². The van der Waals surface area contributed by atoms with Gasteiger partial charge in [0.05, 0.1) is 34.4 Å². The Kier molecular flexibility index (Phi) is 6.04. The zero-order valence-electron chi connectivity index (χ0n) is 16.9. The fourth-order valence-corrected chi connectivity index (χ4v) is 3.53. The van der Waals surface area contributed by atoms with Crippen LogP contribution in [0.4, 0.5) is 17.6 Å². The summed E-state index contributed by atoms with van der Waals surface area (Å²) in [6.07, 6.45) is -5.82. The smallest absolute Gasteiger partial charge is 0.433 e. The molecule has 0 unspecified atom stereocenters. The highest BCUT2D eigenvalue weighted by atomic mass is 35.5. The van der Waals surface area contributed by atoms with Gasteiger partial charge >= 0.3 is 12.1 Å². The lowest BCUT2D eigenvalue weighted by Crippen LogP contribution is -2.43. The van der Waals surface area contributed by atoms with Gasteiger partial charge in [-0.15, -0.1) is 0 Å². The van der Waals surface area contributed by atoms with E-state index >= 15 is 0 Å². The van der Waals surface area contributed by atoms with Crippen LogP contribution < -0.4 is 0 Å². The van der Waals surface area contributed by atoms with Crippen LogP contribution >= 0.6 is 11.6 Å². The Morgan fingerprint density at radius 1 is 1.21 bits per heavy atom. The largest absolute Gasteiger partial charge is 0.477 e. The molecule has 0 bridgehead atoms. The molecule has 0 atom stereocenters. The van der Waals surface area contributed by atoms with Crippen LogP contribution in [0.3, 0.4) is 0 Å². The van der Waals surface area contributed by atoms with Gasteiger partial charge in [-0.2, -0.15) is 18.3 Å². The average molecular weight is 494 g/mol. The average Bonchev–Trinajstić information content (AvgIpc) is 3.23. The Balaban J connectivity index is 2.30. The third-order valence-electron chi connectivity index (χ3n) is 4.40. The molecule has 2 aromatic heterocycles. The molecule has 14 heteroatoms. The number of nitrogens with zero attached hydrogens (tertiary/aromatic N) is 3. The monoisotopic (exact) mass is 493 g/mol. The van der Waals surface area contributed by atoms with Gasteiger partial charge in [-0.3, -0.25) is 0 Å². The predicted molar refractivity (Wildman–Crippen MR) is 103 cm³/mol. The van der Waals surface area contributed by atoms with Gasteiger partial charge in [0.1, 0.15) is 17.1 Å². The van der Waals surface area contributed by atoms with E-state index in [2.05, 4.69) is 10.3 Å². The number of hydrogen-bond acceptors (Lipinski definition) is 7. The number of carbonyl (C=O) groups is 1. The van der Waals surface area contributed by atoms with Crippen molar-refractivity contribution < 1.29 is 47.3 Å². The van der Waals surface area contributed by atoms with Crippen molar-refractivity contribution >= 4 is 17.6 Å². The number of benzene rings is 1. The molecule has 9 nitrogen and oxygen atoms in total. The number of hydrogen-bond donors (Lipinski definition) is 4. The van der Waals surface area contributed by atoms with Crippen LogP contribution in [0.15, 0.2) is 28.9 Å². The van der Waals surface area contributed by atoms with Crippen LogP contribution in [0.1, 0.15) is 36.3 Å². The Morgan fingerprint density at radius 2 is 1.85 bits per heavy atom. The van der Waals surface area contributed by atoms with E-state index < -0.39 is 69.7 Å². The van der Waals surface area contributed by atoms with Gasteiger partial charge in [-0.05, 0) is 26.0 Å². The van der Waals surface area contributed by atoms with Gasteiger partial charge in [-0.1, -0.05) is 22.8 Å². The molecule has 0 aliphatic carbocycles. The van der Waals surface area contributed by atoms with Crippen molar-refractivity contribution in [1.29, 1.82) is 0 Å². The zero-order valence-corrected chi connectivity index (χ0v) is 17.6. The third-order valence-corrected chi connectivity index (χ3v) is 4.71. The number of aliphatic hydroxyl groups is 3. The number of alkyl halides is 3. The molecule has 0 aliphatic heterocycles. The lowest BCUT2D eigenvalue weighted by Gasteiger charge is -2.30. The molecule has 33 heavy (non-hydrogen) atoms. The van der Waals surface area contributed by atoms with Crippen LogP contribution in [0, 0.1) is 5.82 Å². The quantitative estimate of drug-likeness (QED) is 0.302. The second kappa shape index (κ2) is 8.09. The van der Waals surface area contributed by atoms with Crippen molar-refractivity contribution in [2.45, 2.75) is 38.0 Å². The molecule has 2 heterocycles. The Hall–Kier alpha value is -3.00. The van der Waals surface area contributed by atoms with E-state index in [-0.39, 0.29) is 9.70 Å². The van der Waals surface area contributed by atoms with Gasteiger partial charge in [0, 0.05) is 0 Å². The summed E-state index contributed by atoms with van der Waals surface area (Å²) in [5.41, 5.74) is -6.82. The maximum atomic E-state index is 14.3. The minimum atomic E-state index is -5.31. The molecule has 4 N–H and O–H groups in total. The summed E-state index contributed by atoms with van der Waals surface area (Å²) in [6, 6.07) is 3.36. The summed E-state index contributed by atoms with van der Waals surface area (Å²) in [6.45, 7) is 2.24. The van der Waals surface area contributed by atoms with Crippen LogP contribution in [0.5, 0.6) is 0 Å². The van der Waals surface area contributed by atoms with E-state index in [0.29, 0.717) is 6.20 Å². The third kappa shape index (κ3) is 4.71. The van der Waals surface area contributed by atoms with Gasteiger partial charge in [0.2, 0.25) is 0 Å². The Bertz CT molecular complexity index is 1190. The first kappa shape index (κ1) is 24.6. The molecule has 0 amide bonds. The molecule has 0 spiro atoms. The summed E-state index contributed by atoms with van der Waals surface area (Å²) in [4.78, 5) is 11.9. The fourth-order valence-electron chi connectivity index (χ4n) is 3.28. The summed E-state index contributed by atoms with van der Waals surface area (Å²) in [5.74, 6) is -7.14. The van der Waals surface area contributed by atoms with E-state index in [0.717, 1.165) is 19.9 Å². The van der Waals surface area contributed by atoms with Crippen molar-refractivity contribution in [3.63, 3.8) is 0 Å². The molecule has 3 aromatic rings. The van der Waals surface area contributed by atoms with Crippen LogP contribution in [0.25, 0.3) is 22.6 Å². The summed E-state index contributed by atoms with van der Waals surface area (Å²) in [5, 5.41) is 46.4. The van der Waals surface area contributed by atoms with Gasteiger partial charge in [-0.25, -0.2) is 13.9 Å². The maximum Gasteiger partial charge on any atom is 0.433 e. The van der Waals surface area contributed by atoms with Crippen molar-refractivity contribution in [2.75, 3.05) is 0 Å². The number of rotatable bonds is 6. The second-order valence-electron chi connectivity index (χ2n) is 7.72. The van der Waals surface area contributed by atoms with E-state index in [9.17, 15) is 42.8 Å². The molecule has 0 saturated heterocycles. The highest BCUT2D eigenvalue weighted by molar-refractivity contribution is 6.33. The number of aromatic carboxylic acids is 1. The van der Waals surface area contributed by atoms with Crippen LogP contribution in [-0.2, 0) is 12.1 Å². The van der Waals surface area contributed by atoms with Gasteiger partial charge in [0.25, 0.3) is 5.91 Å². The SMILES string of the molecule is CC(C)(O)CC(O)(O)n1ncc(-c2onc(-c3c(F)cccc3Cl)c2C(=O)O)c1C(F)(F)F. The van der Waals surface area contributed by atoms with Crippen LogP contribution in [-0.4, -0.2) is 46.9 Å². The molecule has 0 fully saturated rings. The standard InChI is InChI=1S/C19H16ClF4N3O6/c1-17(2,30)7-18(31,32)27-15(19(22,23)24)8(6-25-27)14-12(16(28)29)13(26-33-14)11-9(20)4-3-5-10(11)21/h3-6,30-32H,7H2,1-2H3,(H,28,29). The lowest BCUT2D eigenvalue weighted by atomic mass is 10.0. The second-order valence-corrected chi connectivity index (χ2v) is 8.12. The normalized spacial score (nSPS) is 12.9. The Labute approximate surface area is 187 Å². The topological polar surface area (TPSA) is 142 Å². The molecule has 0 radical (unpaired) electrons. The number of carboxylic acid groups (broad SMARTS) is 1. The van der Waals surface area contributed by atoms with Crippen LogP contribution in [0.2, 0.25) is 5.02 Å². The highest BCUT2D eigenvalue weighted by Gasteiger charge is 2.47. The Morgan fingerprint density at radius 3 is 2.36 bits per heavy atom. The molecular weight excluding hydrogens is 478 g/mol. The number of aromatic nitrogens is 3. The predicted octanol–water partition coefficient (Wildman–Crippen LogP) is 3.47. The first-order valence-electron chi connectivity index (χ1n) is 9.05. The molecule has 3 rings (SSSR count). The minimum absolute atomic E-state index is 0.232. The first-order chi connectivity index (χ1) is 15.0. The molecule has 1 aromatic carbocycles. The minimum Gasteiger partial charge on any atom is -0.477 e. The summed E-state index contributed by atoms with van der Waals surface area (Å²) < 4.78 is 60.8. The molecule has 0 aliphatic rings. The van der Waals surface area contributed by atoms with E-state index in [1.807, 2.05) is 0 Å². The summed E-state index contributed by atoms with van der Waals surface area (Å²) >= 11 is 5.92. The van der Waals surface area contributed by atoms with Crippen molar-refractivity contribution in [2.24, 2.45) is 0 Å². The molecule has 178 valence electrons. The zero-order chi connectivity index (χ0) is 24.9. The summed E-state index contributed by atoms with van der Waals surface area (Å²) in [7, 11) is 0. The fraction of sp³-hybridized carbons (Fsp3) is 0.316. The van der Waals surface area contributed by atoms with Crippen molar-refractivity contribution in [1.82, 2.24) is 14.9 Å². The lowest BCUT2D eigenvalue weighted by molar-refractivity contribution is -0.270. The van der Waals surface area contributed by atoms with Gasteiger partial charge < -0.3 is 24.9 Å². The maximum absolute atomic E-state index is 14.3. The van der Waals surface area contributed by atoms with E-state index in [4.69, 9.17) is 16.1 Å². The first-order valence-corrected chi connectivity index (χ1v) is 9.43. The van der Waals surface area contributed by atoms with Crippen molar-refractivity contribution in [3.8, 4) is 22.6 Å². The number of carboxylic acids is 1. The van der Waals surface area contributed by atoms with E-state index in [1.54, 1.807) is 0 Å². The molecule has 0 saturated carbocycles. The highest BCUT2D eigenvalue weighted by Crippen LogP contribution is 2.43.